The van der Waals surface area contributed by atoms with Crippen LogP contribution in [0.25, 0.3) is 11.1 Å². The van der Waals surface area contributed by atoms with Crippen molar-refractivity contribution >= 4 is 0 Å². The molecule has 1 aromatic heterocycles. The number of pyridine rings is 1. The molecule has 0 aliphatic carbocycles. The number of halogens is 3. The van der Waals surface area contributed by atoms with E-state index in [9.17, 15) is 13.6 Å². The molecule has 0 radical (unpaired) electrons. The number of hydrogen-bond acceptors (Lipinski definition) is 4. The van der Waals surface area contributed by atoms with Gasteiger partial charge in [-0.25, -0.2) is 13.2 Å². The molecule has 3 aromatic rings. The van der Waals surface area contributed by atoms with Crippen LogP contribution in [0.1, 0.15) is 35.9 Å². The predicted octanol–water partition coefficient (Wildman–Crippen LogP) is 5.13. The average molecular weight is 514 g/mol. The Hall–Kier alpha value is -3.10. The van der Waals surface area contributed by atoms with E-state index < -0.39 is 17.5 Å². The molecule has 198 valence electrons. The number of piperazine rings is 1. The summed E-state index contributed by atoms with van der Waals surface area (Å²) in [6.45, 7) is 10.4. The standard InChI is InChI=1S/C29H34F3N3O2/c1-5-12-33-13-15-34(16-14-33)17-22-19(2)35(18-23-24(30)9-7-10-25(23)31)20(3)27(29(22)36)21-8-6-11-26(37-4)28(21)32/h6-11H,5,12-18H2,1-4H3. The lowest BCUT2D eigenvalue weighted by Gasteiger charge is -2.35. The Kier molecular flexibility index (Phi) is 8.39. The highest BCUT2D eigenvalue weighted by atomic mass is 19.1. The summed E-state index contributed by atoms with van der Waals surface area (Å²) in [7, 11) is 1.37. The van der Waals surface area contributed by atoms with Gasteiger partial charge in [-0.1, -0.05) is 25.1 Å². The minimum atomic E-state index is -0.666. The molecule has 1 saturated heterocycles. The van der Waals surface area contributed by atoms with Crippen LogP contribution >= 0.6 is 0 Å². The number of hydrogen-bond donors (Lipinski definition) is 0. The molecule has 8 heteroatoms. The van der Waals surface area contributed by atoms with Crippen LogP contribution in [0.4, 0.5) is 13.2 Å². The van der Waals surface area contributed by atoms with E-state index in [0.29, 0.717) is 23.5 Å². The van der Waals surface area contributed by atoms with Gasteiger partial charge in [0.2, 0.25) is 0 Å². The maximum atomic E-state index is 15.4. The van der Waals surface area contributed by atoms with Gasteiger partial charge < -0.3 is 14.2 Å². The zero-order chi connectivity index (χ0) is 26.7. The molecular weight excluding hydrogens is 479 g/mol. The van der Waals surface area contributed by atoms with E-state index in [4.69, 9.17) is 4.74 Å². The summed E-state index contributed by atoms with van der Waals surface area (Å²) >= 11 is 0. The third kappa shape index (κ3) is 5.45. The van der Waals surface area contributed by atoms with Crippen molar-refractivity contribution in [2.75, 3.05) is 39.8 Å². The van der Waals surface area contributed by atoms with Crippen molar-refractivity contribution in [3.63, 3.8) is 0 Å². The SMILES string of the molecule is CCCN1CCN(Cc2c(C)n(Cc3c(F)cccc3F)c(C)c(-c3cccc(OC)c3F)c2=O)CC1. The molecule has 0 spiro atoms. The van der Waals surface area contributed by atoms with Crippen LogP contribution in [0.3, 0.4) is 0 Å². The van der Waals surface area contributed by atoms with Gasteiger partial charge >= 0.3 is 0 Å². The molecule has 2 aromatic carbocycles. The highest BCUT2D eigenvalue weighted by Crippen LogP contribution is 2.31. The van der Waals surface area contributed by atoms with E-state index in [1.807, 2.05) is 0 Å². The fraction of sp³-hybridized carbons (Fsp3) is 0.414. The van der Waals surface area contributed by atoms with Crippen molar-refractivity contribution in [2.45, 2.75) is 40.3 Å². The number of rotatable bonds is 8. The molecule has 0 amide bonds. The minimum absolute atomic E-state index is 0.0252. The molecule has 0 saturated carbocycles. The zero-order valence-corrected chi connectivity index (χ0v) is 21.9. The molecule has 0 atom stereocenters. The van der Waals surface area contributed by atoms with Gasteiger partial charge in [-0.15, -0.1) is 0 Å². The smallest absolute Gasteiger partial charge is 0.194 e. The van der Waals surface area contributed by atoms with Gasteiger partial charge in [-0.05, 0) is 45.0 Å². The first-order valence-electron chi connectivity index (χ1n) is 12.7. The first-order valence-corrected chi connectivity index (χ1v) is 12.7. The Balaban J connectivity index is 1.85. The molecule has 2 heterocycles. The molecule has 0 unspecified atom stereocenters. The lowest BCUT2D eigenvalue weighted by atomic mass is 9.97. The second kappa shape index (κ2) is 11.5. The average Bonchev–Trinajstić information content (AvgIpc) is 2.88. The van der Waals surface area contributed by atoms with Gasteiger partial charge in [0.25, 0.3) is 0 Å². The van der Waals surface area contributed by atoms with E-state index in [1.54, 1.807) is 24.5 Å². The fourth-order valence-electron chi connectivity index (χ4n) is 5.18. The summed E-state index contributed by atoms with van der Waals surface area (Å²) in [6.07, 6.45) is 1.09. The zero-order valence-electron chi connectivity index (χ0n) is 21.9. The maximum absolute atomic E-state index is 15.4. The summed E-state index contributed by atoms with van der Waals surface area (Å²) in [6, 6.07) is 8.41. The van der Waals surface area contributed by atoms with Gasteiger partial charge in [0.15, 0.2) is 17.0 Å². The van der Waals surface area contributed by atoms with Gasteiger partial charge in [-0.3, -0.25) is 9.69 Å². The molecule has 1 aliphatic heterocycles. The lowest BCUT2D eigenvalue weighted by molar-refractivity contribution is 0.126. The normalized spacial score (nSPS) is 14.8. The van der Waals surface area contributed by atoms with Crippen molar-refractivity contribution in [3.05, 3.63) is 86.6 Å². The second-order valence-corrected chi connectivity index (χ2v) is 9.58. The summed E-state index contributed by atoms with van der Waals surface area (Å²) in [4.78, 5) is 18.5. The van der Waals surface area contributed by atoms with E-state index in [0.717, 1.165) is 39.1 Å². The van der Waals surface area contributed by atoms with Crippen molar-refractivity contribution in [1.82, 2.24) is 14.4 Å². The van der Waals surface area contributed by atoms with Crippen molar-refractivity contribution in [2.24, 2.45) is 0 Å². The lowest BCUT2D eigenvalue weighted by Crippen LogP contribution is -2.46. The Bertz CT molecular complexity index is 1310. The third-order valence-corrected chi connectivity index (χ3v) is 7.33. The highest BCUT2D eigenvalue weighted by Gasteiger charge is 2.25. The van der Waals surface area contributed by atoms with Crippen molar-refractivity contribution in [1.29, 1.82) is 0 Å². The number of benzene rings is 2. The number of nitrogens with zero attached hydrogens (tertiary/aromatic N) is 3. The largest absolute Gasteiger partial charge is 0.494 e. The summed E-state index contributed by atoms with van der Waals surface area (Å²) < 4.78 is 51.5. The fourth-order valence-corrected chi connectivity index (χ4v) is 5.18. The Morgan fingerprint density at radius 1 is 0.838 bits per heavy atom. The van der Waals surface area contributed by atoms with E-state index >= 15 is 4.39 Å². The Morgan fingerprint density at radius 2 is 1.46 bits per heavy atom. The third-order valence-electron chi connectivity index (χ3n) is 7.33. The first-order chi connectivity index (χ1) is 17.8. The Labute approximate surface area is 216 Å². The number of methoxy groups -OCH3 is 1. The molecule has 0 bridgehead atoms. The second-order valence-electron chi connectivity index (χ2n) is 9.58. The summed E-state index contributed by atoms with van der Waals surface area (Å²) in [5.74, 6) is -1.95. The monoisotopic (exact) mass is 513 g/mol. The number of ether oxygens (including phenoxy) is 1. The van der Waals surface area contributed by atoms with Gasteiger partial charge in [0.05, 0.1) is 19.2 Å². The first kappa shape index (κ1) is 26.9. The molecular formula is C29H34F3N3O2. The molecule has 4 rings (SSSR count). The van der Waals surface area contributed by atoms with Crippen LogP contribution in [0.5, 0.6) is 5.75 Å². The van der Waals surface area contributed by atoms with Crippen LogP contribution in [0, 0.1) is 31.3 Å². The van der Waals surface area contributed by atoms with Crippen molar-refractivity contribution in [3.8, 4) is 16.9 Å². The van der Waals surface area contributed by atoms with E-state index in [2.05, 4.69) is 16.7 Å². The Morgan fingerprint density at radius 3 is 2.08 bits per heavy atom. The van der Waals surface area contributed by atoms with Gasteiger partial charge in [-0.2, -0.15) is 0 Å². The van der Waals surface area contributed by atoms with Crippen LogP contribution in [-0.2, 0) is 13.1 Å². The van der Waals surface area contributed by atoms with E-state index in [1.165, 1.54) is 37.4 Å². The van der Waals surface area contributed by atoms with Crippen LogP contribution in [0.15, 0.2) is 41.2 Å². The maximum Gasteiger partial charge on any atom is 0.194 e. The summed E-state index contributed by atoms with van der Waals surface area (Å²) in [5, 5.41) is 0. The molecule has 5 nitrogen and oxygen atoms in total. The van der Waals surface area contributed by atoms with Crippen LogP contribution < -0.4 is 10.2 Å². The number of aromatic nitrogens is 1. The molecule has 1 aliphatic rings. The van der Waals surface area contributed by atoms with Crippen LogP contribution in [-0.4, -0.2) is 54.2 Å². The molecule has 1 fully saturated rings. The molecule has 37 heavy (non-hydrogen) atoms. The predicted molar refractivity (Wildman–Crippen MR) is 140 cm³/mol. The summed E-state index contributed by atoms with van der Waals surface area (Å²) in [5.41, 5.74) is 1.47. The van der Waals surface area contributed by atoms with Gasteiger partial charge in [0, 0.05) is 60.8 Å². The molecule has 0 N–H and O–H groups in total. The van der Waals surface area contributed by atoms with Crippen molar-refractivity contribution < 1.29 is 17.9 Å². The quantitative estimate of drug-likeness (QED) is 0.419. The van der Waals surface area contributed by atoms with Gasteiger partial charge in [0.1, 0.15) is 11.6 Å². The van der Waals surface area contributed by atoms with E-state index in [-0.39, 0.29) is 34.4 Å². The van der Waals surface area contributed by atoms with Crippen LogP contribution in [0.2, 0.25) is 0 Å². The highest BCUT2D eigenvalue weighted by molar-refractivity contribution is 5.69. The topological polar surface area (TPSA) is 37.7 Å². The minimum Gasteiger partial charge on any atom is -0.494 e.